The number of anilines is 1. The second kappa shape index (κ2) is 8.76. The number of allylic oxidation sites excluding steroid dienone is 1. The number of aliphatic carboxylic acids is 1. The summed E-state index contributed by atoms with van der Waals surface area (Å²) in [7, 11) is 0. The van der Waals surface area contributed by atoms with Crippen molar-refractivity contribution in [2.75, 3.05) is 5.73 Å². The molecule has 32 heavy (non-hydrogen) atoms. The minimum atomic E-state index is -1.23. The minimum absolute atomic E-state index is 0.0542. The molecule has 0 aromatic carbocycles. The fraction of sp³-hybridized carbons (Fsp3) is 0.222. The lowest BCUT2D eigenvalue weighted by Crippen LogP contribution is -2.72. The second-order valence-corrected chi connectivity index (χ2v) is 9.55. The molecule has 2 aromatic heterocycles. The lowest BCUT2D eigenvalue weighted by molar-refractivity contribution is -0.155. The molecule has 0 bridgehead atoms. The average molecular weight is 495 g/mol. The minimum Gasteiger partial charge on any atom is -0.477 e. The van der Waals surface area contributed by atoms with E-state index >= 15 is 0 Å². The number of nitrogen functional groups attached to an aromatic ring is 1. The number of nitrogens with two attached hydrogens (primary N) is 1. The highest BCUT2D eigenvalue weighted by Gasteiger charge is 2.53. The molecule has 166 valence electrons. The smallest absolute Gasteiger partial charge is 0.353 e. The fourth-order valence-electron chi connectivity index (χ4n) is 3.55. The van der Waals surface area contributed by atoms with E-state index in [1.165, 1.54) is 16.7 Å². The van der Waals surface area contributed by atoms with Gasteiger partial charge in [-0.05, 0) is 25.0 Å². The van der Waals surface area contributed by atoms with Gasteiger partial charge < -0.3 is 21.4 Å². The number of carbonyl (C=O) groups is 3. The third-order valence-corrected chi connectivity index (χ3v) is 7.15. The SMILES string of the molecule is Nc1nc(/C(=N/O)C(=O)N[C@@H]2C(=O)N3C(C(=O)O)=C(Sc4ccncc4)CC[C@H]23)c(Cl)s1. The molecule has 0 spiro atoms. The van der Waals surface area contributed by atoms with Gasteiger partial charge in [-0.15, -0.1) is 0 Å². The third kappa shape index (κ3) is 3.89. The molecule has 5 N–H and O–H groups in total. The van der Waals surface area contributed by atoms with Crippen LogP contribution in [0, 0.1) is 0 Å². The summed E-state index contributed by atoms with van der Waals surface area (Å²) < 4.78 is 0.0542. The number of rotatable bonds is 6. The average Bonchev–Trinajstić information content (AvgIpc) is 3.10. The number of thioether (sulfide) groups is 1. The van der Waals surface area contributed by atoms with Crippen LogP contribution in [0.1, 0.15) is 18.5 Å². The van der Waals surface area contributed by atoms with E-state index in [-0.39, 0.29) is 20.9 Å². The zero-order valence-corrected chi connectivity index (χ0v) is 18.4. The standard InChI is InChI=1S/C18H15ClN6O5S2/c19-14-11(23-18(20)32-14)12(24-30)15(26)22-10-8-1-2-9(31-7-3-5-21-6-4-7)13(17(28)29)25(8)16(10)27/h3-6,8,10,30H,1-2H2,(H2,20,23)(H,22,26)(H,28,29)/b24-12-/t8-,10+/m1/s1. The third-order valence-electron chi connectivity index (χ3n) is 4.91. The molecule has 0 unspecified atom stereocenters. The van der Waals surface area contributed by atoms with Gasteiger partial charge >= 0.3 is 5.97 Å². The largest absolute Gasteiger partial charge is 0.477 e. The molecule has 14 heteroatoms. The van der Waals surface area contributed by atoms with Crippen LogP contribution in [0.4, 0.5) is 5.13 Å². The van der Waals surface area contributed by atoms with Crippen molar-refractivity contribution in [1.29, 1.82) is 0 Å². The number of oxime groups is 1. The van der Waals surface area contributed by atoms with Crippen molar-refractivity contribution in [1.82, 2.24) is 20.2 Å². The number of hydrogen-bond acceptors (Lipinski definition) is 10. The summed E-state index contributed by atoms with van der Waals surface area (Å²) in [4.78, 5) is 47.7. The number of hydrogen-bond donors (Lipinski definition) is 4. The van der Waals surface area contributed by atoms with Gasteiger partial charge in [0, 0.05) is 22.2 Å². The first-order valence-electron chi connectivity index (χ1n) is 9.14. The van der Waals surface area contributed by atoms with Gasteiger partial charge in [0.05, 0.1) is 6.04 Å². The number of amides is 2. The number of β-lactam (4-membered cyclic amide) rings is 1. The van der Waals surface area contributed by atoms with Gasteiger partial charge in [-0.2, -0.15) is 0 Å². The van der Waals surface area contributed by atoms with E-state index < -0.39 is 35.6 Å². The van der Waals surface area contributed by atoms with E-state index in [9.17, 15) is 24.7 Å². The molecule has 1 saturated heterocycles. The Morgan fingerprint density at radius 1 is 1.38 bits per heavy atom. The number of fused-ring (bicyclic) bond motifs is 1. The first-order valence-corrected chi connectivity index (χ1v) is 11.2. The number of nitrogens with zero attached hydrogens (tertiary/aromatic N) is 4. The quantitative estimate of drug-likeness (QED) is 0.201. The van der Waals surface area contributed by atoms with Crippen LogP contribution in [0.25, 0.3) is 0 Å². The van der Waals surface area contributed by atoms with Crippen molar-refractivity contribution >= 4 is 63.3 Å². The van der Waals surface area contributed by atoms with Crippen LogP contribution in [0.3, 0.4) is 0 Å². The number of thiazole rings is 1. The number of carboxylic acid groups (broad SMARTS) is 1. The highest BCUT2D eigenvalue weighted by atomic mass is 35.5. The lowest BCUT2D eigenvalue weighted by atomic mass is 9.86. The molecule has 0 saturated carbocycles. The number of halogens is 1. The van der Waals surface area contributed by atoms with Crippen LogP contribution in [0.5, 0.6) is 0 Å². The van der Waals surface area contributed by atoms with Crippen molar-refractivity contribution in [3.63, 3.8) is 0 Å². The number of nitrogens with one attached hydrogen (secondary N) is 1. The number of carboxylic acids is 1. The molecule has 1 fully saturated rings. The van der Waals surface area contributed by atoms with E-state index in [0.717, 1.165) is 16.2 Å². The number of pyridine rings is 1. The highest BCUT2D eigenvalue weighted by Crippen LogP contribution is 2.43. The summed E-state index contributed by atoms with van der Waals surface area (Å²) in [6.45, 7) is 0. The van der Waals surface area contributed by atoms with E-state index in [2.05, 4.69) is 20.4 Å². The second-order valence-electron chi connectivity index (χ2n) is 6.75. The Hall–Kier alpha value is -3.16. The Kier molecular flexibility index (Phi) is 6.04. The van der Waals surface area contributed by atoms with Crippen molar-refractivity contribution < 1.29 is 24.7 Å². The van der Waals surface area contributed by atoms with Crippen molar-refractivity contribution in [2.45, 2.75) is 29.8 Å². The van der Waals surface area contributed by atoms with Crippen molar-refractivity contribution in [3.8, 4) is 0 Å². The molecule has 4 rings (SSSR count). The molecule has 0 radical (unpaired) electrons. The number of carbonyl (C=O) groups excluding carboxylic acids is 2. The molecule has 2 aliphatic rings. The van der Waals surface area contributed by atoms with Gasteiger partial charge in [0.15, 0.2) is 10.8 Å². The van der Waals surface area contributed by atoms with E-state index in [4.69, 9.17) is 17.3 Å². The van der Waals surface area contributed by atoms with E-state index in [0.29, 0.717) is 17.7 Å². The first-order chi connectivity index (χ1) is 15.3. The molecule has 2 atom stereocenters. The molecular weight excluding hydrogens is 480 g/mol. The van der Waals surface area contributed by atoms with Crippen LogP contribution < -0.4 is 11.1 Å². The summed E-state index contributed by atoms with van der Waals surface area (Å²) in [6.07, 6.45) is 4.04. The van der Waals surface area contributed by atoms with E-state index in [1.54, 1.807) is 24.5 Å². The van der Waals surface area contributed by atoms with Crippen molar-refractivity contribution in [3.05, 3.63) is 45.2 Å². The predicted molar refractivity (Wildman–Crippen MR) is 116 cm³/mol. The van der Waals surface area contributed by atoms with Crippen LogP contribution in [0.2, 0.25) is 4.34 Å². The fourth-order valence-corrected chi connectivity index (χ4v) is 5.52. The van der Waals surface area contributed by atoms with Crippen LogP contribution in [0.15, 0.2) is 45.2 Å². The van der Waals surface area contributed by atoms with Gasteiger partial charge in [0.2, 0.25) is 0 Å². The van der Waals surface area contributed by atoms with Crippen LogP contribution in [-0.4, -0.2) is 60.8 Å². The van der Waals surface area contributed by atoms with Gasteiger partial charge in [0.25, 0.3) is 11.8 Å². The van der Waals surface area contributed by atoms with Crippen LogP contribution in [-0.2, 0) is 14.4 Å². The summed E-state index contributed by atoms with van der Waals surface area (Å²) in [6, 6.07) is 1.97. The Morgan fingerprint density at radius 2 is 2.09 bits per heavy atom. The Balaban J connectivity index is 1.53. The predicted octanol–water partition coefficient (Wildman–Crippen LogP) is 1.53. The maximum absolute atomic E-state index is 12.8. The molecular formula is C18H15ClN6O5S2. The normalized spacial score (nSPS) is 20.6. The summed E-state index contributed by atoms with van der Waals surface area (Å²) in [5.74, 6) is -2.68. The zero-order chi connectivity index (χ0) is 23.0. The molecule has 11 nitrogen and oxygen atoms in total. The number of aromatic nitrogens is 2. The van der Waals surface area contributed by atoms with Gasteiger partial charge in [-0.1, -0.05) is 39.9 Å². The molecule has 4 heterocycles. The zero-order valence-electron chi connectivity index (χ0n) is 16.1. The first kappa shape index (κ1) is 22.0. The van der Waals surface area contributed by atoms with Gasteiger partial charge in [-0.3, -0.25) is 19.5 Å². The Bertz CT molecular complexity index is 1170. The Morgan fingerprint density at radius 3 is 2.69 bits per heavy atom. The van der Waals surface area contributed by atoms with Gasteiger partial charge in [-0.25, -0.2) is 9.78 Å². The summed E-state index contributed by atoms with van der Waals surface area (Å²) in [5, 5.41) is 24.5. The summed E-state index contributed by atoms with van der Waals surface area (Å²) >= 11 is 8.13. The molecule has 2 amide bonds. The topological polar surface area (TPSA) is 171 Å². The molecule has 2 aliphatic heterocycles. The lowest BCUT2D eigenvalue weighted by Gasteiger charge is -2.50. The van der Waals surface area contributed by atoms with Gasteiger partial charge in [0.1, 0.15) is 21.8 Å². The molecule has 2 aromatic rings. The van der Waals surface area contributed by atoms with Crippen LogP contribution >= 0.6 is 34.7 Å². The van der Waals surface area contributed by atoms with E-state index in [1.807, 2.05) is 0 Å². The maximum atomic E-state index is 12.8. The Labute approximate surface area is 194 Å². The highest BCUT2D eigenvalue weighted by molar-refractivity contribution is 8.03. The van der Waals surface area contributed by atoms with Crippen molar-refractivity contribution in [2.24, 2.45) is 5.16 Å². The summed E-state index contributed by atoms with van der Waals surface area (Å²) in [5.41, 5.74) is 4.85. The monoisotopic (exact) mass is 494 g/mol. The maximum Gasteiger partial charge on any atom is 0.353 e. The molecule has 0 aliphatic carbocycles.